The Labute approximate surface area is 125 Å². The number of aliphatic hydroxyl groups excluding tert-OH is 1. The molecule has 1 heterocycles. The van der Waals surface area contributed by atoms with Gasteiger partial charge < -0.3 is 10.0 Å². The standard InChI is InChI=1S/C15H21NO4S/c1-21(19,20)14-8-5-6-12(10-14)15(18)16-9-4-2-3-7-13(16)11-17/h5-6,8,10,13,17H,2-4,7,9,11H2,1H3. The average Bonchev–Trinajstić information content (AvgIpc) is 2.70. The third-order valence-corrected chi connectivity index (χ3v) is 4.97. The van der Waals surface area contributed by atoms with E-state index in [0.717, 1.165) is 31.9 Å². The van der Waals surface area contributed by atoms with Crippen LogP contribution in [0, 0.1) is 0 Å². The molecule has 0 aliphatic carbocycles. The third kappa shape index (κ3) is 3.83. The van der Waals surface area contributed by atoms with Gasteiger partial charge in [0, 0.05) is 18.4 Å². The highest BCUT2D eigenvalue weighted by molar-refractivity contribution is 7.90. The summed E-state index contributed by atoms with van der Waals surface area (Å²) in [7, 11) is -3.34. The maximum atomic E-state index is 12.6. The molecule has 6 heteroatoms. The molecule has 0 spiro atoms. The van der Waals surface area contributed by atoms with E-state index in [1.54, 1.807) is 17.0 Å². The van der Waals surface area contributed by atoms with E-state index in [2.05, 4.69) is 0 Å². The molecule has 1 atom stereocenters. The normalized spacial score (nSPS) is 20.1. The number of aliphatic hydroxyl groups is 1. The molecule has 0 radical (unpaired) electrons. The number of nitrogens with zero attached hydrogens (tertiary/aromatic N) is 1. The molecule has 1 amide bonds. The Balaban J connectivity index is 2.30. The van der Waals surface area contributed by atoms with E-state index < -0.39 is 9.84 Å². The molecular formula is C15H21NO4S. The van der Waals surface area contributed by atoms with Crippen LogP contribution in [0.25, 0.3) is 0 Å². The first kappa shape index (κ1) is 16.0. The lowest BCUT2D eigenvalue weighted by Gasteiger charge is -2.28. The van der Waals surface area contributed by atoms with E-state index in [9.17, 15) is 18.3 Å². The largest absolute Gasteiger partial charge is 0.394 e. The topological polar surface area (TPSA) is 74.7 Å². The molecule has 5 nitrogen and oxygen atoms in total. The molecule has 116 valence electrons. The van der Waals surface area contributed by atoms with E-state index >= 15 is 0 Å². The zero-order valence-electron chi connectivity index (χ0n) is 12.2. The predicted octanol–water partition coefficient (Wildman–Crippen LogP) is 1.47. The number of rotatable bonds is 3. The summed E-state index contributed by atoms with van der Waals surface area (Å²) < 4.78 is 23.2. The van der Waals surface area contributed by atoms with Crippen LogP contribution in [0.5, 0.6) is 0 Å². The lowest BCUT2D eigenvalue weighted by Crippen LogP contribution is -2.42. The minimum Gasteiger partial charge on any atom is -0.394 e. The van der Waals surface area contributed by atoms with Crippen molar-refractivity contribution in [2.24, 2.45) is 0 Å². The fourth-order valence-electron chi connectivity index (χ4n) is 2.66. The predicted molar refractivity (Wildman–Crippen MR) is 79.9 cm³/mol. The first-order chi connectivity index (χ1) is 9.93. The third-order valence-electron chi connectivity index (χ3n) is 3.86. The van der Waals surface area contributed by atoms with E-state index in [1.165, 1.54) is 12.1 Å². The summed E-state index contributed by atoms with van der Waals surface area (Å²) in [5, 5.41) is 9.48. The van der Waals surface area contributed by atoms with Gasteiger partial charge in [0.2, 0.25) is 0 Å². The van der Waals surface area contributed by atoms with Crippen LogP contribution in [-0.2, 0) is 9.84 Å². The van der Waals surface area contributed by atoms with E-state index in [-0.39, 0.29) is 23.5 Å². The lowest BCUT2D eigenvalue weighted by atomic mass is 10.1. The number of sulfone groups is 1. The molecule has 21 heavy (non-hydrogen) atoms. The van der Waals surface area contributed by atoms with Crippen LogP contribution in [-0.4, -0.2) is 49.8 Å². The highest BCUT2D eigenvalue weighted by Gasteiger charge is 2.26. The molecule has 1 unspecified atom stereocenters. The molecule has 1 aliphatic rings. The molecule has 1 aromatic carbocycles. The minimum atomic E-state index is -3.34. The summed E-state index contributed by atoms with van der Waals surface area (Å²) in [6.07, 6.45) is 4.86. The van der Waals surface area contributed by atoms with Crippen molar-refractivity contribution in [3.05, 3.63) is 29.8 Å². The fraction of sp³-hybridized carbons (Fsp3) is 0.533. The smallest absolute Gasteiger partial charge is 0.254 e. The van der Waals surface area contributed by atoms with E-state index in [4.69, 9.17) is 0 Å². The van der Waals surface area contributed by atoms with Crippen LogP contribution in [0.4, 0.5) is 0 Å². The van der Waals surface area contributed by atoms with Crippen LogP contribution in [0.1, 0.15) is 36.0 Å². The highest BCUT2D eigenvalue weighted by atomic mass is 32.2. The number of hydrogen-bond donors (Lipinski definition) is 1. The first-order valence-electron chi connectivity index (χ1n) is 7.15. The molecule has 1 fully saturated rings. The Morgan fingerprint density at radius 3 is 2.76 bits per heavy atom. The zero-order valence-corrected chi connectivity index (χ0v) is 13.0. The molecule has 0 saturated carbocycles. The van der Waals surface area contributed by atoms with Crippen LogP contribution >= 0.6 is 0 Å². The number of amides is 1. The van der Waals surface area contributed by atoms with Gasteiger partial charge in [-0.15, -0.1) is 0 Å². The van der Waals surface area contributed by atoms with Crippen LogP contribution in [0.15, 0.2) is 29.2 Å². The van der Waals surface area contributed by atoms with Gasteiger partial charge in [-0.25, -0.2) is 8.42 Å². The molecule has 0 bridgehead atoms. The summed E-state index contributed by atoms with van der Waals surface area (Å²) in [6.45, 7) is 0.546. The molecule has 1 N–H and O–H groups in total. The van der Waals surface area contributed by atoms with Gasteiger partial charge in [-0.3, -0.25) is 4.79 Å². The van der Waals surface area contributed by atoms with Crippen LogP contribution < -0.4 is 0 Å². The van der Waals surface area contributed by atoms with Gasteiger partial charge in [0.25, 0.3) is 5.91 Å². The molecule has 1 saturated heterocycles. The van der Waals surface area contributed by atoms with E-state index in [1.807, 2.05) is 0 Å². The first-order valence-corrected chi connectivity index (χ1v) is 9.04. The van der Waals surface area contributed by atoms with Gasteiger partial charge in [0.15, 0.2) is 9.84 Å². The van der Waals surface area contributed by atoms with Crippen molar-refractivity contribution in [3.63, 3.8) is 0 Å². The second-order valence-corrected chi connectivity index (χ2v) is 7.50. The van der Waals surface area contributed by atoms with Gasteiger partial charge in [-0.1, -0.05) is 18.9 Å². The monoisotopic (exact) mass is 311 g/mol. The molecule has 1 aromatic rings. The van der Waals surface area contributed by atoms with Crippen molar-refractivity contribution in [3.8, 4) is 0 Å². The second-order valence-electron chi connectivity index (χ2n) is 5.48. The molecule has 1 aliphatic heterocycles. The van der Waals surface area contributed by atoms with Crippen molar-refractivity contribution in [2.45, 2.75) is 36.6 Å². The molecule has 0 aromatic heterocycles. The highest BCUT2D eigenvalue weighted by Crippen LogP contribution is 2.20. The maximum Gasteiger partial charge on any atom is 0.254 e. The van der Waals surface area contributed by atoms with Crippen molar-refractivity contribution in [1.29, 1.82) is 0 Å². The number of hydrogen-bond acceptors (Lipinski definition) is 4. The Kier molecular flexibility index (Phi) is 5.00. The number of likely N-dealkylation sites (tertiary alicyclic amines) is 1. The second kappa shape index (κ2) is 6.58. The lowest BCUT2D eigenvalue weighted by molar-refractivity contribution is 0.0599. The van der Waals surface area contributed by atoms with Gasteiger partial charge in [-0.2, -0.15) is 0 Å². The number of carbonyl (C=O) groups excluding carboxylic acids is 1. The Bertz CT molecular complexity index is 612. The van der Waals surface area contributed by atoms with Gasteiger partial charge in [-0.05, 0) is 31.0 Å². The zero-order chi connectivity index (χ0) is 15.5. The van der Waals surface area contributed by atoms with Crippen LogP contribution in [0.2, 0.25) is 0 Å². The van der Waals surface area contributed by atoms with Crippen molar-refractivity contribution >= 4 is 15.7 Å². The van der Waals surface area contributed by atoms with Crippen molar-refractivity contribution in [2.75, 3.05) is 19.4 Å². The number of carbonyl (C=O) groups is 1. The fourth-order valence-corrected chi connectivity index (χ4v) is 3.33. The summed E-state index contributed by atoms with van der Waals surface area (Å²) in [6, 6.07) is 5.92. The molecular weight excluding hydrogens is 290 g/mol. The summed E-state index contributed by atoms with van der Waals surface area (Å²) in [5.74, 6) is -0.207. The summed E-state index contributed by atoms with van der Waals surface area (Å²) >= 11 is 0. The van der Waals surface area contributed by atoms with Crippen molar-refractivity contribution in [1.82, 2.24) is 4.90 Å². The summed E-state index contributed by atoms with van der Waals surface area (Å²) in [5.41, 5.74) is 0.360. The minimum absolute atomic E-state index is 0.0580. The van der Waals surface area contributed by atoms with Gasteiger partial charge in [0.1, 0.15) is 0 Å². The van der Waals surface area contributed by atoms with Crippen LogP contribution in [0.3, 0.4) is 0 Å². The van der Waals surface area contributed by atoms with E-state index in [0.29, 0.717) is 12.1 Å². The van der Waals surface area contributed by atoms with Gasteiger partial charge >= 0.3 is 0 Å². The maximum absolute atomic E-state index is 12.6. The Hall–Kier alpha value is -1.40. The van der Waals surface area contributed by atoms with Crippen molar-refractivity contribution < 1.29 is 18.3 Å². The quantitative estimate of drug-likeness (QED) is 0.917. The Morgan fingerprint density at radius 2 is 2.10 bits per heavy atom. The van der Waals surface area contributed by atoms with Gasteiger partial charge in [0.05, 0.1) is 17.5 Å². The Morgan fingerprint density at radius 1 is 1.33 bits per heavy atom. The average molecular weight is 311 g/mol. The molecule has 2 rings (SSSR count). The summed E-state index contributed by atoms with van der Waals surface area (Å²) in [4.78, 5) is 14.4. The number of benzene rings is 1. The SMILES string of the molecule is CS(=O)(=O)c1cccc(C(=O)N2CCCCCC2CO)c1.